The van der Waals surface area contributed by atoms with Gasteiger partial charge in [0.2, 0.25) is 0 Å². The van der Waals surface area contributed by atoms with Crippen molar-refractivity contribution in [3.8, 4) is 45.6 Å². The van der Waals surface area contributed by atoms with Gasteiger partial charge in [-0.1, -0.05) is 6.07 Å². The van der Waals surface area contributed by atoms with Crippen molar-refractivity contribution in [2.24, 2.45) is 5.92 Å². The summed E-state index contributed by atoms with van der Waals surface area (Å²) in [6.07, 6.45) is 4.69. The molecule has 2 aliphatic rings. The Morgan fingerprint density at radius 2 is 1.04 bits per heavy atom. The molecule has 1 atom stereocenters. The fourth-order valence-electron chi connectivity index (χ4n) is 6.75. The number of rotatable bonds is 8. The molecule has 8 bridgehead atoms. The van der Waals surface area contributed by atoms with Crippen molar-refractivity contribution in [1.29, 1.82) is 0 Å². The Hall–Kier alpha value is -5.29. The second-order valence-corrected chi connectivity index (χ2v) is 13.7. The molecule has 0 aliphatic carbocycles. The van der Waals surface area contributed by atoms with Gasteiger partial charge in [-0.15, -0.1) is 0 Å². The number of fused-ring (bicyclic) bond motifs is 20. The van der Waals surface area contributed by atoms with Crippen LogP contribution in [0.4, 0.5) is 0 Å². The van der Waals surface area contributed by atoms with Gasteiger partial charge in [-0.25, -0.2) is 0 Å². The van der Waals surface area contributed by atoms with Crippen LogP contribution in [0.5, 0.6) is 0 Å². The van der Waals surface area contributed by atoms with Gasteiger partial charge in [0.25, 0.3) is 0 Å². The molecule has 0 amide bonds. The summed E-state index contributed by atoms with van der Waals surface area (Å²) in [4.78, 5) is 37.6. The molecule has 0 spiro atoms. The fraction of sp³-hybridized carbons (Fsp3) is 0.200. The topological polar surface area (TPSA) is 118 Å². The Balaban J connectivity index is 1.33. The van der Waals surface area contributed by atoms with E-state index < -0.39 is 0 Å². The number of hydrogen-bond acceptors (Lipinski definition) is 7. The molecule has 0 saturated heterocycles. The number of hydrogen-bond donors (Lipinski definition) is 2. The number of nitrogens with one attached hydrogen (secondary N) is 2. The second-order valence-electron chi connectivity index (χ2n) is 12.6. The molecule has 5 heterocycles. The first-order chi connectivity index (χ1) is 24.7. The van der Waals surface area contributed by atoms with Crippen LogP contribution < -0.4 is 4.50 Å². The summed E-state index contributed by atoms with van der Waals surface area (Å²) in [5.74, 6) is 2.88. The molecular weight excluding hydrogens is 667 g/mol. The zero-order valence-corrected chi connectivity index (χ0v) is 28.7. The van der Waals surface area contributed by atoms with E-state index in [-0.39, 0.29) is 0 Å². The van der Waals surface area contributed by atoms with Gasteiger partial charge >= 0.3 is 290 Å². The van der Waals surface area contributed by atoms with Crippen LogP contribution in [-0.4, -0.2) is 46.5 Å². The molecule has 9 nitrogen and oxygen atoms in total. The Bertz CT molecular complexity index is 2590. The van der Waals surface area contributed by atoms with Gasteiger partial charge in [-0.3, -0.25) is 0 Å². The Labute approximate surface area is 295 Å². The standard InChI is InChI=1S/C32H17N8.C8H17O.Co/c1-2-10-18-17(9-1)25-33-26(18)38-28-21-13-5-6-14-22(21)30(35-28)40-32-24-16-8-7-15-23(24)31(36-32)39-29-20-12-4-3-11-19(20)27(34-29)37-25;1-3-5-6-8(4-2)7-9;/h1-15H,(H2,33,34,35,36,37,38,39,40);8H,3-7H2,1-2H3;/q;-1;+1. The monoisotopic (exact) mass is 701 g/mol. The third-order valence-corrected chi connectivity index (χ3v) is 10.5. The van der Waals surface area contributed by atoms with E-state index in [9.17, 15) is 0 Å². The van der Waals surface area contributed by atoms with Gasteiger partial charge in [0.1, 0.15) is 0 Å². The van der Waals surface area contributed by atoms with E-state index in [4.69, 9.17) is 33.8 Å². The predicted molar refractivity (Wildman–Crippen MR) is 195 cm³/mol. The van der Waals surface area contributed by atoms with Crippen molar-refractivity contribution < 1.29 is 18.9 Å². The van der Waals surface area contributed by atoms with Crippen LogP contribution in [0.25, 0.3) is 89.7 Å². The van der Waals surface area contributed by atoms with E-state index in [2.05, 4.69) is 42.0 Å². The minimum absolute atomic E-state index is 0.537. The molecule has 0 fully saturated rings. The van der Waals surface area contributed by atoms with Crippen LogP contribution in [0.1, 0.15) is 39.5 Å². The van der Waals surface area contributed by atoms with Crippen LogP contribution in [0.3, 0.4) is 0 Å². The van der Waals surface area contributed by atoms with Crippen molar-refractivity contribution >= 4 is 48.6 Å². The predicted octanol–water partition coefficient (Wildman–Crippen LogP) is 8.73. The van der Waals surface area contributed by atoms with Crippen molar-refractivity contribution in [3.05, 3.63) is 91.0 Å². The van der Waals surface area contributed by atoms with Crippen LogP contribution in [0, 0.1) is 5.92 Å². The van der Waals surface area contributed by atoms with Crippen LogP contribution in [0.2, 0.25) is 0 Å². The van der Waals surface area contributed by atoms with E-state index >= 15 is 0 Å². The first-order valence-corrected chi connectivity index (χ1v) is 18.1. The SMILES string of the molecule is CCCCC(CC)C[O][Co][c]1cccc2c3nc4nc(nc5[nH]c(nc6nc(nc([nH]3)c12)-c1ccccc1-6)c1ccccc51)-c1ccccc1-4. The molecule has 1 unspecified atom stereocenters. The minimum atomic E-state index is 0.537. The number of nitrogens with zero attached hydrogens (tertiary/aromatic N) is 6. The van der Waals surface area contributed by atoms with Gasteiger partial charge in [0.15, 0.2) is 0 Å². The summed E-state index contributed by atoms with van der Waals surface area (Å²) in [6.45, 7) is 5.20. The molecular formula is C40H34CoN8O. The summed E-state index contributed by atoms with van der Waals surface area (Å²) < 4.78 is 7.39. The van der Waals surface area contributed by atoms with Crippen molar-refractivity contribution in [3.63, 3.8) is 0 Å². The Morgan fingerprint density at radius 3 is 1.58 bits per heavy atom. The first-order valence-electron chi connectivity index (χ1n) is 17.1. The first kappa shape index (κ1) is 30.7. The zero-order valence-electron chi connectivity index (χ0n) is 27.7. The van der Waals surface area contributed by atoms with Crippen molar-refractivity contribution in [1.82, 2.24) is 39.9 Å². The molecule has 3 aromatic heterocycles. The van der Waals surface area contributed by atoms with Crippen LogP contribution >= 0.6 is 0 Å². The molecule has 10 heteroatoms. The van der Waals surface area contributed by atoms with E-state index in [1.807, 2.05) is 72.8 Å². The third-order valence-electron chi connectivity index (χ3n) is 9.47. The summed E-state index contributed by atoms with van der Waals surface area (Å²) in [5, 5.41) is 3.78. The number of benzene rings is 4. The number of unbranched alkanes of at least 4 members (excludes halogenated alkanes) is 1. The third kappa shape index (κ3) is 5.36. The maximum absolute atomic E-state index is 6.37. The quantitative estimate of drug-likeness (QED) is 0.163. The number of aromatic amines is 2. The molecule has 4 aromatic carbocycles. The van der Waals surface area contributed by atoms with Gasteiger partial charge in [0, 0.05) is 0 Å². The van der Waals surface area contributed by atoms with E-state index in [0.717, 1.165) is 69.7 Å². The van der Waals surface area contributed by atoms with E-state index in [1.165, 1.54) is 19.3 Å². The average Bonchev–Trinajstić information content (AvgIpc) is 3.89. The molecule has 2 N–H and O–H groups in total. The van der Waals surface area contributed by atoms with Gasteiger partial charge in [-0.2, -0.15) is 0 Å². The molecule has 0 radical (unpaired) electrons. The average molecular weight is 702 g/mol. The van der Waals surface area contributed by atoms with Crippen LogP contribution in [0.15, 0.2) is 91.0 Å². The van der Waals surface area contributed by atoms with Crippen molar-refractivity contribution in [2.45, 2.75) is 39.5 Å². The van der Waals surface area contributed by atoms with Gasteiger partial charge in [-0.05, 0) is 0 Å². The molecule has 7 aromatic rings. The molecule has 9 rings (SSSR count). The Kier molecular flexibility index (Phi) is 7.91. The molecule has 50 heavy (non-hydrogen) atoms. The van der Waals surface area contributed by atoms with E-state index in [0.29, 0.717) is 58.4 Å². The normalized spacial score (nSPS) is 12.8. The summed E-state index contributed by atoms with van der Waals surface area (Å²) in [5.41, 5.74) is 6.36. The number of aromatic nitrogens is 8. The molecule has 0 saturated carbocycles. The Morgan fingerprint density at radius 1 is 0.560 bits per heavy atom. The molecule has 2 aliphatic heterocycles. The zero-order chi connectivity index (χ0) is 33.6. The maximum atomic E-state index is 6.37. The fourth-order valence-corrected chi connectivity index (χ4v) is 7.78. The van der Waals surface area contributed by atoms with Gasteiger partial charge < -0.3 is 0 Å². The summed E-state index contributed by atoms with van der Waals surface area (Å²) in [7, 11) is 0. The summed E-state index contributed by atoms with van der Waals surface area (Å²) >= 11 is 0.820. The molecule has 249 valence electrons. The van der Waals surface area contributed by atoms with E-state index in [1.54, 1.807) is 0 Å². The van der Waals surface area contributed by atoms with Gasteiger partial charge in [0.05, 0.1) is 0 Å². The second kappa shape index (κ2) is 12.9. The summed E-state index contributed by atoms with van der Waals surface area (Å²) in [6, 6.07) is 30.5. The van der Waals surface area contributed by atoms with Crippen molar-refractivity contribution in [2.75, 3.05) is 6.61 Å². The van der Waals surface area contributed by atoms with Crippen LogP contribution in [-0.2, 0) is 18.9 Å². The number of H-pyrrole nitrogens is 2.